The molecule has 2 heterocycles. The summed E-state index contributed by atoms with van der Waals surface area (Å²) in [5.41, 5.74) is 1.99. The Morgan fingerprint density at radius 3 is 2.69 bits per heavy atom. The largest absolute Gasteiger partial charge is 0.496 e. The molecule has 1 atom stereocenters. The molecule has 0 aliphatic carbocycles. The molecule has 1 fully saturated rings. The highest BCUT2D eigenvalue weighted by molar-refractivity contribution is 6.04. The summed E-state index contributed by atoms with van der Waals surface area (Å²) in [5.74, 6) is -0.889. The average molecular weight is 404 g/mol. The number of carbonyl (C=O) groups is 1. The van der Waals surface area contributed by atoms with Crippen LogP contribution in [0.1, 0.15) is 46.8 Å². The van der Waals surface area contributed by atoms with Crippen LogP contribution in [0.3, 0.4) is 0 Å². The Hall–Kier alpha value is -2.54. The number of alkyl halides is 3. The minimum atomic E-state index is -4.60. The summed E-state index contributed by atoms with van der Waals surface area (Å²) < 4.78 is 44.5. The van der Waals surface area contributed by atoms with Crippen molar-refractivity contribution in [1.82, 2.24) is 4.90 Å². The Morgan fingerprint density at radius 2 is 1.97 bits per heavy atom. The van der Waals surface area contributed by atoms with Crippen molar-refractivity contribution >= 4 is 11.6 Å². The lowest BCUT2D eigenvalue weighted by Crippen LogP contribution is -2.44. The maximum Gasteiger partial charge on any atom is 0.419 e. The van der Waals surface area contributed by atoms with Crippen LogP contribution in [-0.2, 0) is 18.1 Å². The van der Waals surface area contributed by atoms with Crippen LogP contribution in [0.15, 0.2) is 36.4 Å². The van der Waals surface area contributed by atoms with E-state index < -0.39 is 17.6 Å². The molecule has 1 amide bonds. The Balaban J connectivity index is 1.62. The van der Waals surface area contributed by atoms with Crippen molar-refractivity contribution in [3.05, 3.63) is 58.7 Å². The van der Waals surface area contributed by atoms with Gasteiger partial charge in [-0.2, -0.15) is 13.2 Å². The fourth-order valence-electron chi connectivity index (χ4n) is 4.59. The maximum atomic E-state index is 13.2. The van der Waals surface area contributed by atoms with Gasteiger partial charge in [0.15, 0.2) is 0 Å². The van der Waals surface area contributed by atoms with Gasteiger partial charge in [-0.15, -0.1) is 0 Å². The lowest BCUT2D eigenvalue weighted by molar-refractivity contribution is -0.138. The number of hydrogen-bond donors (Lipinski definition) is 1. The van der Waals surface area contributed by atoms with Gasteiger partial charge in [0.05, 0.1) is 12.7 Å². The van der Waals surface area contributed by atoms with E-state index in [0.717, 1.165) is 38.4 Å². The molecule has 1 saturated heterocycles. The number of hydrogen-bond acceptors (Lipinski definition) is 3. The number of fused-ring (bicyclic) bond motifs is 3. The van der Waals surface area contributed by atoms with E-state index in [0.29, 0.717) is 5.69 Å². The number of carbonyl (C=O) groups excluding carboxylic acids is 1. The minimum Gasteiger partial charge on any atom is -0.496 e. The number of halogens is 3. The van der Waals surface area contributed by atoms with Crippen molar-refractivity contribution in [1.29, 1.82) is 0 Å². The van der Waals surface area contributed by atoms with E-state index >= 15 is 0 Å². The minimum absolute atomic E-state index is 0.0438. The number of rotatable bonds is 3. The molecule has 4 nitrogen and oxygen atoms in total. The van der Waals surface area contributed by atoms with Gasteiger partial charge in [-0.05, 0) is 74.2 Å². The summed E-state index contributed by atoms with van der Waals surface area (Å²) in [6, 6.07) is 9.13. The first kappa shape index (κ1) is 19.8. The first-order valence-corrected chi connectivity index (χ1v) is 9.67. The second kappa shape index (κ2) is 7.06. The van der Waals surface area contributed by atoms with E-state index in [4.69, 9.17) is 4.74 Å². The first-order valence-electron chi connectivity index (χ1n) is 9.67. The van der Waals surface area contributed by atoms with E-state index in [-0.39, 0.29) is 16.9 Å². The van der Waals surface area contributed by atoms with Crippen LogP contribution < -0.4 is 10.1 Å². The molecule has 154 valence electrons. The highest BCUT2D eigenvalue weighted by Gasteiger charge is 2.42. The smallest absolute Gasteiger partial charge is 0.419 e. The fraction of sp³-hybridized carbons (Fsp3) is 0.409. The van der Waals surface area contributed by atoms with E-state index in [1.807, 2.05) is 18.2 Å². The normalized spacial score (nSPS) is 21.4. The molecule has 0 radical (unpaired) electrons. The van der Waals surface area contributed by atoms with Gasteiger partial charge < -0.3 is 10.1 Å². The summed E-state index contributed by atoms with van der Waals surface area (Å²) >= 11 is 0. The van der Waals surface area contributed by atoms with Crippen LogP contribution in [0.25, 0.3) is 0 Å². The SMILES string of the molecule is COc1ccc(C(=O)Nc2ccc3c(c2)C2(C)CCCN2CC3)cc1C(F)(F)F. The monoisotopic (exact) mass is 404 g/mol. The maximum absolute atomic E-state index is 13.2. The third kappa shape index (κ3) is 3.48. The number of nitrogens with zero attached hydrogens (tertiary/aromatic N) is 1. The molecule has 2 aromatic carbocycles. The molecule has 0 saturated carbocycles. The van der Waals surface area contributed by atoms with Crippen LogP contribution in [0.5, 0.6) is 5.75 Å². The van der Waals surface area contributed by atoms with Crippen molar-refractivity contribution in [3.8, 4) is 5.75 Å². The zero-order valence-electron chi connectivity index (χ0n) is 16.4. The van der Waals surface area contributed by atoms with Crippen LogP contribution >= 0.6 is 0 Å². The van der Waals surface area contributed by atoms with Crippen LogP contribution in [-0.4, -0.2) is 31.0 Å². The topological polar surface area (TPSA) is 41.6 Å². The van der Waals surface area contributed by atoms with Crippen LogP contribution in [0.4, 0.5) is 18.9 Å². The summed E-state index contributed by atoms with van der Waals surface area (Å²) in [4.78, 5) is 15.1. The predicted molar refractivity (Wildman–Crippen MR) is 104 cm³/mol. The molecule has 0 bridgehead atoms. The van der Waals surface area contributed by atoms with Gasteiger partial charge in [-0.1, -0.05) is 6.07 Å². The lowest BCUT2D eigenvalue weighted by Gasteiger charge is -2.41. The van der Waals surface area contributed by atoms with E-state index in [2.05, 4.69) is 17.1 Å². The van der Waals surface area contributed by atoms with Crippen molar-refractivity contribution in [2.45, 2.75) is 37.9 Å². The summed E-state index contributed by atoms with van der Waals surface area (Å²) in [6.07, 6.45) is -1.44. The Labute approximate surface area is 167 Å². The van der Waals surface area contributed by atoms with Crippen LogP contribution in [0.2, 0.25) is 0 Å². The van der Waals surface area contributed by atoms with Gasteiger partial charge >= 0.3 is 6.18 Å². The van der Waals surface area contributed by atoms with Crippen molar-refractivity contribution in [3.63, 3.8) is 0 Å². The lowest BCUT2D eigenvalue weighted by atomic mass is 9.81. The number of nitrogens with one attached hydrogen (secondary N) is 1. The number of ether oxygens (including phenoxy) is 1. The zero-order chi connectivity index (χ0) is 20.8. The molecule has 4 rings (SSSR count). The van der Waals surface area contributed by atoms with Gasteiger partial charge in [-0.3, -0.25) is 9.69 Å². The Morgan fingerprint density at radius 1 is 1.17 bits per heavy atom. The summed E-state index contributed by atoms with van der Waals surface area (Å²) in [7, 11) is 1.17. The van der Waals surface area contributed by atoms with E-state index in [1.54, 1.807) is 0 Å². The summed E-state index contributed by atoms with van der Waals surface area (Å²) in [5, 5.41) is 2.76. The standard InChI is InChI=1S/C22H23F3N2O2/c1-21-9-3-10-27(21)11-8-14-4-6-16(13-17(14)21)26-20(28)15-5-7-19(29-2)18(12-15)22(23,24)25/h4-7,12-13H,3,8-11H2,1-2H3,(H,26,28). The Bertz CT molecular complexity index is 958. The number of amides is 1. The predicted octanol–water partition coefficient (Wildman–Crippen LogP) is 4.83. The third-order valence-electron chi connectivity index (χ3n) is 6.16. The molecule has 2 aromatic rings. The third-order valence-corrected chi connectivity index (χ3v) is 6.16. The second-order valence-corrected chi connectivity index (χ2v) is 7.85. The first-order chi connectivity index (χ1) is 13.7. The quantitative estimate of drug-likeness (QED) is 0.797. The molecule has 2 aliphatic rings. The highest BCUT2D eigenvalue weighted by atomic mass is 19.4. The molecule has 2 aliphatic heterocycles. The zero-order valence-corrected chi connectivity index (χ0v) is 16.4. The molecular weight excluding hydrogens is 381 g/mol. The molecule has 1 unspecified atom stereocenters. The van der Waals surface area contributed by atoms with Gasteiger partial charge in [0.2, 0.25) is 0 Å². The Kier molecular flexibility index (Phi) is 4.81. The van der Waals surface area contributed by atoms with Gasteiger partial charge in [0.25, 0.3) is 5.91 Å². The van der Waals surface area contributed by atoms with Crippen LogP contribution in [0, 0.1) is 0 Å². The molecule has 7 heteroatoms. The molecule has 1 N–H and O–H groups in total. The second-order valence-electron chi connectivity index (χ2n) is 7.85. The van der Waals surface area contributed by atoms with E-state index in [1.165, 1.54) is 30.4 Å². The van der Waals surface area contributed by atoms with Gasteiger partial charge in [0.1, 0.15) is 5.75 Å². The number of methoxy groups -OCH3 is 1. The number of anilines is 1. The molecular formula is C22H23F3N2O2. The van der Waals surface area contributed by atoms with Gasteiger partial charge in [0, 0.05) is 23.3 Å². The highest BCUT2D eigenvalue weighted by Crippen LogP contribution is 2.44. The molecule has 0 aromatic heterocycles. The average Bonchev–Trinajstić information content (AvgIpc) is 3.09. The van der Waals surface area contributed by atoms with Gasteiger partial charge in [-0.25, -0.2) is 0 Å². The van der Waals surface area contributed by atoms with Crippen molar-refractivity contribution in [2.24, 2.45) is 0 Å². The fourth-order valence-corrected chi connectivity index (χ4v) is 4.59. The number of benzene rings is 2. The molecule has 29 heavy (non-hydrogen) atoms. The molecule has 0 spiro atoms. The van der Waals surface area contributed by atoms with Crippen molar-refractivity contribution < 1.29 is 22.7 Å². The van der Waals surface area contributed by atoms with E-state index in [9.17, 15) is 18.0 Å². The van der Waals surface area contributed by atoms with Crippen molar-refractivity contribution in [2.75, 3.05) is 25.5 Å². The summed E-state index contributed by atoms with van der Waals surface area (Å²) in [6.45, 7) is 4.32.